The van der Waals surface area contributed by atoms with Crippen molar-refractivity contribution in [1.29, 1.82) is 0 Å². The van der Waals surface area contributed by atoms with Gasteiger partial charge in [-0.2, -0.15) is 0 Å². The van der Waals surface area contributed by atoms with Crippen molar-refractivity contribution in [3.05, 3.63) is 29.6 Å². The summed E-state index contributed by atoms with van der Waals surface area (Å²) in [5.74, 6) is -0.535. The first-order chi connectivity index (χ1) is 10.2. The van der Waals surface area contributed by atoms with Gasteiger partial charge in [-0.1, -0.05) is 19.4 Å². The largest absolute Gasteiger partial charge is 0.385 e. The molecule has 6 heteroatoms. The lowest BCUT2D eigenvalue weighted by Gasteiger charge is -2.07. The van der Waals surface area contributed by atoms with Crippen LogP contribution in [-0.2, 0) is 4.74 Å². The predicted molar refractivity (Wildman–Crippen MR) is 80.3 cm³/mol. The second-order valence-electron chi connectivity index (χ2n) is 4.62. The van der Waals surface area contributed by atoms with Crippen molar-refractivity contribution in [2.24, 2.45) is 0 Å². The molecule has 0 radical (unpaired) electrons. The Bertz CT molecular complexity index is 463. The molecule has 0 unspecified atom stereocenters. The first kappa shape index (κ1) is 17.1. The fraction of sp³-hybridized carbons (Fsp3) is 0.533. The SMILES string of the molecule is CCCCNC(=O)c1cccc(C(=O)NCCCOC)n1. The van der Waals surface area contributed by atoms with Crippen LogP contribution in [0.25, 0.3) is 0 Å². The average molecular weight is 293 g/mol. The van der Waals surface area contributed by atoms with E-state index in [0.717, 1.165) is 19.3 Å². The van der Waals surface area contributed by atoms with Crippen LogP contribution in [0.5, 0.6) is 0 Å². The maximum atomic E-state index is 11.9. The molecule has 21 heavy (non-hydrogen) atoms. The Balaban J connectivity index is 2.54. The molecule has 0 spiro atoms. The zero-order valence-electron chi connectivity index (χ0n) is 12.6. The molecule has 0 saturated heterocycles. The molecule has 116 valence electrons. The van der Waals surface area contributed by atoms with Crippen molar-refractivity contribution >= 4 is 11.8 Å². The van der Waals surface area contributed by atoms with E-state index in [1.807, 2.05) is 0 Å². The highest BCUT2D eigenvalue weighted by Gasteiger charge is 2.11. The Hall–Kier alpha value is -1.95. The molecular weight excluding hydrogens is 270 g/mol. The number of ether oxygens (including phenoxy) is 1. The first-order valence-electron chi connectivity index (χ1n) is 7.21. The molecule has 1 rings (SSSR count). The average Bonchev–Trinajstić information content (AvgIpc) is 2.51. The summed E-state index contributed by atoms with van der Waals surface area (Å²) < 4.78 is 4.91. The highest BCUT2D eigenvalue weighted by Crippen LogP contribution is 2.00. The van der Waals surface area contributed by atoms with Crippen LogP contribution >= 0.6 is 0 Å². The summed E-state index contributed by atoms with van der Waals surface area (Å²) in [6.45, 7) is 3.78. The zero-order chi connectivity index (χ0) is 15.5. The molecule has 1 aromatic rings. The number of nitrogens with one attached hydrogen (secondary N) is 2. The lowest BCUT2D eigenvalue weighted by molar-refractivity contribution is 0.0941. The molecule has 0 saturated carbocycles. The van der Waals surface area contributed by atoms with Gasteiger partial charge in [0.1, 0.15) is 11.4 Å². The van der Waals surface area contributed by atoms with E-state index in [4.69, 9.17) is 4.74 Å². The van der Waals surface area contributed by atoms with Crippen LogP contribution in [0.3, 0.4) is 0 Å². The second kappa shape index (κ2) is 9.88. The third-order valence-corrected chi connectivity index (χ3v) is 2.84. The number of methoxy groups -OCH3 is 1. The summed E-state index contributed by atoms with van der Waals surface area (Å²) in [7, 11) is 1.62. The molecule has 0 aliphatic rings. The van der Waals surface area contributed by atoms with Gasteiger partial charge >= 0.3 is 0 Å². The number of carbonyl (C=O) groups is 2. The van der Waals surface area contributed by atoms with Gasteiger partial charge in [-0.15, -0.1) is 0 Å². The van der Waals surface area contributed by atoms with Gasteiger partial charge in [0.15, 0.2) is 0 Å². The van der Waals surface area contributed by atoms with Crippen molar-refractivity contribution in [2.75, 3.05) is 26.8 Å². The quantitative estimate of drug-likeness (QED) is 0.674. The summed E-state index contributed by atoms with van der Waals surface area (Å²) in [6, 6.07) is 4.85. The van der Waals surface area contributed by atoms with Crippen molar-refractivity contribution in [1.82, 2.24) is 15.6 Å². The number of aromatic nitrogens is 1. The minimum Gasteiger partial charge on any atom is -0.385 e. The normalized spacial score (nSPS) is 10.2. The second-order valence-corrected chi connectivity index (χ2v) is 4.62. The van der Waals surface area contributed by atoms with E-state index in [0.29, 0.717) is 19.7 Å². The number of pyridine rings is 1. The fourth-order valence-corrected chi connectivity index (χ4v) is 1.67. The van der Waals surface area contributed by atoms with Crippen LogP contribution in [-0.4, -0.2) is 43.6 Å². The van der Waals surface area contributed by atoms with E-state index >= 15 is 0 Å². The lowest BCUT2D eigenvalue weighted by atomic mass is 10.2. The third kappa shape index (κ3) is 6.35. The van der Waals surface area contributed by atoms with Crippen LogP contribution in [0, 0.1) is 0 Å². The standard InChI is InChI=1S/C15H23N3O3/c1-3-4-9-16-14(19)12-7-5-8-13(18-12)15(20)17-10-6-11-21-2/h5,7-8H,3-4,6,9-11H2,1-2H3,(H,16,19)(H,17,20). The summed E-state index contributed by atoms with van der Waals surface area (Å²) in [6.07, 6.45) is 2.67. The Labute approximate surface area is 125 Å². The van der Waals surface area contributed by atoms with Gasteiger partial charge in [0.05, 0.1) is 0 Å². The molecular formula is C15H23N3O3. The topological polar surface area (TPSA) is 80.3 Å². The number of rotatable bonds is 9. The number of hydrogen-bond acceptors (Lipinski definition) is 4. The van der Waals surface area contributed by atoms with Gasteiger partial charge in [-0.25, -0.2) is 4.98 Å². The van der Waals surface area contributed by atoms with Gasteiger partial charge in [-0.05, 0) is 25.0 Å². The van der Waals surface area contributed by atoms with Crippen LogP contribution in [0.15, 0.2) is 18.2 Å². The van der Waals surface area contributed by atoms with Gasteiger partial charge < -0.3 is 15.4 Å². The smallest absolute Gasteiger partial charge is 0.269 e. The van der Waals surface area contributed by atoms with Crippen molar-refractivity contribution in [3.63, 3.8) is 0 Å². The third-order valence-electron chi connectivity index (χ3n) is 2.84. The van der Waals surface area contributed by atoms with Crippen molar-refractivity contribution in [3.8, 4) is 0 Å². The molecule has 0 atom stereocenters. The molecule has 6 nitrogen and oxygen atoms in total. The van der Waals surface area contributed by atoms with E-state index in [9.17, 15) is 9.59 Å². The van der Waals surface area contributed by atoms with Gasteiger partial charge in [0.25, 0.3) is 11.8 Å². The monoisotopic (exact) mass is 293 g/mol. The molecule has 0 fully saturated rings. The predicted octanol–water partition coefficient (Wildman–Crippen LogP) is 1.38. The summed E-state index contributed by atoms with van der Waals surface area (Å²) >= 11 is 0. The van der Waals surface area contributed by atoms with Gasteiger partial charge in [-0.3, -0.25) is 9.59 Å². The summed E-state index contributed by atoms with van der Waals surface area (Å²) in [4.78, 5) is 27.9. The zero-order valence-corrected chi connectivity index (χ0v) is 12.6. The Morgan fingerprint density at radius 1 is 1.10 bits per heavy atom. The number of hydrogen-bond donors (Lipinski definition) is 2. The molecule has 0 bridgehead atoms. The van der Waals surface area contributed by atoms with Gasteiger partial charge in [0.2, 0.25) is 0 Å². The van der Waals surface area contributed by atoms with Crippen molar-refractivity contribution < 1.29 is 14.3 Å². The minimum absolute atomic E-state index is 0.246. The Kier molecular flexibility index (Phi) is 8.04. The van der Waals surface area contributed by atoms with Crippen LogP contribution in [0.4, 0.5) is 0 Å². The van der Waals surface area contributed by atoms with E-state index < -0.39 is 0 Å². The molecule has 1 heterocycles. The Morgan fingerprint density at radius 2 is 1.67 bits per heavy atom. The highest BCUT2D eigenvalue weighted by atomic mass is 16.5. The summed E-state index contributed by atoms with van der Waals surface area (Å²) in [5.41, 5.74) is 0.506. The maximum Gasteiger partial charge on any atom is 0.269 e. The molecule has 0 aliphatic heterocycles. The lowest BCUT2D eigenvalue weighted by Crippen LogP contribution is -2.28. The molecule has 2 amide bonds. The van der Waals surface area contributed by atoms with E-state index in [1.165, 1.54) is 0 Å². The number of unbranched alkanes of at least 4 members (excludes halogenated alkanes) is 1. The molecule has 0 aromatic carbocycles. The Morgan fingerprint density at radius 3 is 2.19 bits per heavy atom. The van der Waals surface area contributed by atoms with Crippen LogP contribution in [0.1, 0.15) is 47.2 Å². The van der Waals surface area contributed by atoms with E-state index in [2.05, 4.69) is 22.5 Å². The van der Waals surface area contributed by atoms with E-state index in [-0.39, 0.29) is 23.2 Å². The molecule has 0 aliphatic carbocycles. The highest BCUT2D eigenvalue weighted by molar-refractivity contribution is 5.96. The molecule has 1 aromatic heterocycles. The number of carbonyl (C=O) groups excluding carboxylic acids is 2. The summed E-state index contributed by atoms with van der Waals surface area (Å²) in [5, 5.41) is 5.52. The van der Waals surface area contributed by atoms with Gasteiger partial charge in [0, 0.05) is 26.8 Å². The van der Waals surface area contributed by atoms with Crippen molar-refractivity contribution in [2.45, 2.75) is 26.2 Å². The fourth-order valence-electron chi connectivity index (χ4n) is 1.67. The first-order valence-corrected chi connectivity index (χ1v) is 7.21. The number of nitrogens with zero attached hydrogens (tertiary/aromatic N) is 1. The van der Waals surface area contributed by atoms with E-state index in [1.54, 1.807) is 25.3 Å². The molecule has 2 N–H and O–H groups in total. The van der Waals surface area contributed by atoms with Crippen LogP contribution in [0.2, 0.25) is 0 Å². The maximum absolute atomic E-state index is 11.9. The minimum atomic E-state index is -0.283. The van der Waals surface area contributed by atoms with Crippen LogP contribution < -0.4 is 10.6 Å². The number of amides is 2.